The molecule has 4 aromatic rings. The predicted molar refractivity (Wildman–Crippen MR) is 133 cm³/mol. The predicted octanol–water partition coefficient (Wildman–Crippen LogP) is 3.21. The summed E-state index contributed by atoms with van der Waals surface area (Å²) in [5, 5.41) is 27.3. The number of phenolic OH excluding ortho intramolecular Hbond substituents is 1. The maximum absolute atomic E-state index is 10.7. The van der Waals surface area contributed by atoms with E-state index in [1.807, 2.05) is 38.2 Å². The molecule has 4 heterocycles. The van der Waals surface area contributed by atoms with Gasteiger partial charge in [0.05, 0.1) is 23.8 Å². The van der Waals surface area contributed by atoms with Gasteiger partial charge in [-0.15, -0.1) is 35.0 Å². The van der Waals surface area contributed by atoms with Gasteiger partial charge in [-0.05, 0) is 44.5 Å². The second kappa shape index (κ2) is 9.86. The zero-order valence-electron chi connectivity index (χ0n) is 18.6. The molecule has 0 saturated carbocycles. The number of benzene rings is 1. The van der Waals surface area contributed by atoms with Gasteiger partial charge in [0.15, 0.2) is 5.65 Å². The number of aromatic hydroxyl groups is 1. The van der Waals surface area contributed by atoms with E-state index in [9.17, 15) is 5.11 Å². The number of hydrogen-bond acceptors (Lipinski definition) is 8. The molecule has 1 atom stereocenters. The molecule has 0 radical (unpaired) electrons. The van der Waals surface area contributed by atoms with Crippen molar-refractivity contribution in [3.05, 3.63) is 47.9 Å². The van der Waals surface area contributed by atoms with Crippen LogP contribution < -0.4 is 10.2 Å². The Morgan fingerprint density at radius 1 is 1.09 bits per heavy atom. The van der Waals surface area contributed by atoms with E-state index in [0.29, 0.717) is 23.2 Å². The number of phenols is 1. The third-order valence-electron chi connectivity index (χ3n) is 5.50. The highest BCUT2D eigenvalue weighted by Crippen LogP contribution is 2.32. The Morgan fingerprint density at radius 2 is 1.91 bits per heavy atom. The highest BCUT2D eigenvalue weighted by atomic mass is 35.5. The molecular weight excluding hydrogens is 463 g/mol. The second-order valence-corrected chi connectivity index (χ2v) is 8.04. The van der Waals surface area contributed by atoms with Crippen LogP contribution in [0.25, 0.3) is 28.2 Å². The van der Waals surface area contributed by atoms with Gasteiger partial charge in [0.2, 0.25) is 5.95 Å². The molecule has 174 valence electrons. The van der Waals surface area contributed by atoms with Gasteiger partial charge >= 0.3 is 0 Å². The van der Waals surface area contributed by atoms with Crippen molar-refractivity contribution in [3.63, 3.8) is 0 Å². The Hall–Kier alpha value is -3.01. The van der Waals surface area contributed by atoms with Gasteiger partial charge in [-0.1, -0.05) is 6.07 Å². The number of nitrogens with zero attached hydrogens (tertiary/aromatic N) is 7. The Bertz CT molecular complexity index is 1260. The maximum Gasteiger partial charge on any atom is 0.245 e. The lowest BCUT2D eigenvalue weighted by Crippen LogP contribution is -2.49. The summed E-state index contributed by atoms with van der Waals surface area (Å²) < 4.78 is 1.77. The molecule has 1 fully saturated rings. The molecule has 1 aliphatic rings. The molecule has 0 amide bonds. The number of halogens is 2. The van der Waals surface area contributed by atoms with E-state index >= 15 is 0 Å². The van der Waals surface area contributed by atoms with E-state index < -0.39 is 0 Å². The number of fused-ring (bicyclic) bond motifs is 1. The first-order chi connectivity index (χ1) is 15.0. The SMILES string of the molecule is Cc1cn2nc(-c3ccc(-c4cnc(N5CCN[C@H](C)C5)nn4)c(O)c3)cc(C)c2n1.Cl.Cl. The Kier molecular flexibility index (Phi) is 7.36. The van der Waals surface area contributed by atoms with Gasteiger partial charge < -0.3 is 15.3 Å². The molecule has 2 N–H and O–H groups in total. The number of nitrogens with one attached hydrogen (secondary N) is 1. The lowest BCUT2D eigenvalue weighted by atomic mass is 10.0. The quantitative estimate of drug-likeness (QED) is 0.452. The molecule has 11 heteroatoms. The van der Waals surface area contributed by atoms with Crippen LogP contribution in [-0.4, -0.2) is 60.6 Å². The topological polar surface area (TPSA) is 104 Å². The molecular formula is C22H26Cl2N8O. The van der Waals surface area contributed by atoms with E-state index in [1.165, 1.54) is 0 Å². The summed E-state index contributed by atoms with van der Waals surface area (Å²) >= 11 is 0. The summed E-state index contributed by atoms with van der Waals surface area (Å²) in [6.07, 6.45) is 3.55. The van der Waals surface area contributed by atoms with Crippen molar-refractivity contribution in [3.8, 4) is 28.3 Å². The average Bonchev–Trinajstić information content (AvgIpc) is 3.15. The monoisotopic (exact) mass is 488 g/mol. The summed E-state index contributed by atoms with van der Waals surface area (Å²) in [6, 6.07) is 7.79. The summed E-state index contributed by atoms with van der Waals surface area (Å²) in [6.45, 7) is 8.66. The largest absolute Gasteiger partial charge is 0.507 e. The van der Waals surface area contributed by atoms with Crippen LogP contribution in [0.5, 0.6) is 5.75 Å². The van der Waals surface area contributed by atoms with Crippen LogP contribution >= 0.6 is 24.8 Å². The fraction of sp³-hybridized carbons (Fsp3) is 0.318. The lowest BCUT2D eigenvalue weighted by Gasteiger charge is -2.31. The van der Waals surface area contributed by atoms with Gasteiger partial charge in [0, 0.05) is 36.8 Å². The molecule has 0 spiro atoms. The summed E-state index contributed by atoms with van der Waals surface area (Å²) in [7, 11) is 0. The number of imidazole rings is 1. The number of piperazine rings is 1. The molecule has 5 rings (SSSR count). The van der Waals surface area contributed by atoms with E-state index in [-0.39, 0.29) is 30.6 Å². The van der Waals surface area contributed by atoms with E-state index in [4.69, 9.17) is 0 Å². The average molecular weight is 489 g/mol. The molecule has 3 aromatic heterocycles. The van der Waals surface area contributed by atoms with Crippen LogP contribution in [0, 0.1) is 13.8 Å². The minimum absolute atomic E-state index is 0. The molecule has 0 bridgehead atoms. The minimum atomic E-state index is 0. The highest BCUT2D eigenvalue weighted by molar-refractivity contribution is 5.85. The Morgan fingerprint density at radius 3 is 2.61 bits per heavy atom. The van der Waals surface area contributed by atoms with Crippen LogP contribution in [0.1, 0.15) is 18.2 Å². The second-order valence-electron chi connectivity index (χ2n) is 8.04. The fourth-order valence-corrected chi connectivity index (χ4v) is 3.94. The Labute approximate surface area is 204 Å². The van der Waals surface area contributed by atoms with Crippen molar-refractivity contribution in [1.29, 1.82) is 0 Å². The van der Waals surface area contributed by atoms with Gasteiger partial charge in [-0.25, -0.2) is 14.5 Å². The van der Waals surface area contributed by atoms with Crippen molar-refractivity contribution >= 4 is 36.4 Å². The van der Waals surface area contributed by atoms with Gasteiger partial charge in [0.1, 0.15) is 11.4 Å². The van der Waals surface area contributed by atoms with Gasteiger partial charge in [-0.2, -0.15) is 5.10 Å². The number of rotatable bonds is 3. The summed E-state index contributed by atoms with van der Waals surface area (Å²) in [5.41, 5.74) is 5.45. The molecule has 1 aromatic carbocycles. The third kappa shape index (κ3) is 4.85. The first-order valence-corrected chi connectivity index (χ1v) is 10.3. The first kappa shape index (κ1) is 24.6. The standard InChI is InChI=1S/C22H24N8O.2ClH/c1-13-8-18(28-30-12-15(3)25-21(13)30)16-4-5-17(20(31)9-16)19-10-24-22(27-26-19)29-7-6-23-14(2)11-29;;/h4-5,8-10,12,14,23,31H,6-7,11H2,1-3H3;2*1H/t14-;;/m1../s1. The smallest absolute Gasteiger partial charge is 0.245 e. The van der Waals surface area contributed by atoms with Crippen LogP contribution in [0.4, 0.5) is 5.95 Å². The number of anilines is 1. The number of aryl methyl sites for hydroxylation is 2. The van der Waals surface area contributed by atoms with Crippen molar-refractivity contribution < 1.29 is 5.11 Å². The summed E-state index contributed by atoms with van der Waals surface area (Å²) in [5.74, 6) is 0.718. The zero-order valence-corrected chi connectivity index (χ0v) is 20.2. The van der Waals surface area contributed by atoms with E-state index in [0.717, 1.165) is 47.8 Å². The molecule has 1 saturated heterocycles. The van der Waals surface area contributed by atoms with Crippen LogP contribution in [0.3, 0.4) is 0 Å². The summed E-state index contributed by atoms with van der Waals surface area (Å²) in [4.78, 5) is 11.1. The highest BCUT2D eigenvalue weighted by Gasteiger charge is 2.19. The molecule has 0 aliphatic carbocycles. The van der Waals surface area contributed by atoms with Gasteiger partial charge in [-0.3, -0.25) is 0 Å². The normalized spacial score (nSPS) is 15.7. The Balaban J connectivity index is 0.00000153. The number of hydrogen-bond donors (Lipinski definition) is 2. The van der Waals surface area contributed by atoms with Crippen LogP contribution in [0.15, 0.2) is 36.7 Å². The molecule has 9 nitrogen and oxygen atoms in total. The third-order valence-corrected chi connectivity index (χ3v) is 5.50. The first-order valence-electron chi connectivity index (χ1n) is 10.3. The van der Waals surface area contributed by atoms with Crippen molar-refractivity contribution in [2.45, 2.75) is 26.8 Å². The van der Waals surface area contributed by atoms with Crippen LogP contribution in [-0.2, 0) is 0 Å². The van der Waals surface area contributed by atoms with E-state index in [1.54, 1.807) is 16.8 Å². The van der Waals surface area contributed by atoms with Gasteiger partial charge in [0.25, 0.3) is 0 Å². The van der Waals surface area contributed by atoms with Crippen molar-refractivity contribution in [2.24, 2.45) is 0 Å². The minimum Gasteiger partial charge on any atom is -0.507 e. The fourth-order valence-electron chi connectivity index (χ4n) is 3.94. The van der Waals surface area contributed by atoms with Crippen molar-refractivity contribution in [1.82, 2.24) is 35.1 Å². The molecule has 33 heavy (non-hydrogen) atoms. The van der Waals surface area contributed by atoms with E-state index in [2.05, 4.69) is 42.4 Å². The van der Waals surface area contributed by atoms with Crippen LogP contribution in [0.2, 0.25) is 0 Å². The van der Waals surface area contributed by atoms with Crippen molar-refractivity contribution in [2.75, 3.05) is 24.5 Å². The molecule has 1 aliphatic heterocycles. The lowest BCUT2D eigenvalue weighted by molar-refractivity contribution is 0.476. The zero-order chi connectivity index (χ0) is 21.5. The maximum atomic E-state index is 10.7. The number of aromatic nitrogens is 6. The molecule has 0 unspecified atom stereocenters.